The minimum atomic E-state index is -4.39. The standard InChI is InChI=1S/C21H21F3N2O3/c1-12-3-4-13(2)18(9-12)29-11-19(27)25-26-20(28)17-10-16(17)14-5-7-15(8-6-14)21(22,23)24/h3-9,16-17H,10-11H2,1-2H3,(H,25,27)(H,26,28). The lowest BCUT2D eigenvalue weighted by Gasteiger charge is -2.11. The van der Waals surface area contributed by atoms with Gasteiger partial charge in [0, 0.05) is 5.92 Å². The van der Waals surface area contributed by atoms with Crippen molar-refractivity contribution in [3.05, 3.63) is 64.7 Å². The zero-order valence-electron chi connectivity index (χ0n) is 16.0. The summed E-state index contributed by atoms with van der Waals surface area (Å²) in [7, 11) is 0. The molecule has 2 atom stereocenters. The Balaban J connectivity index is 1.44. The van der Waals surface area contributed by atoms with Crippen LogP contribution in [0.1, 0.15) is 34.6 Å². The van der Waals surface area contributed by atoms with Crippen molar-refractivity contribution in [1.82, 2.24) is 10.9 Å². The lowest BCUT2D eigenvalue weighted by molar-refractivity contribution is -0.137. The average molecular weight is 406 g/mol. The molecular formula is C21H21F3N2O3. The van der Waals surface area contributed by atoms with Gasteiger partial charge in [-0.05, 0) is 61.1 Å². The SMILES string of the molecule is Cc1ccc(C)c(OCC(=O)NNC(=O)C2CC2c2ccc(C(F)(F)F)cc2)c1. The van der Waals surface area contributed by atoms with Crippen LogP contribution in [0.4, 0.5) is 13.2 Å². The highest BCUT2D eigenvalue weighted by Gasteiger charge is 2.44. The number of nitrogens with one attached hydrogen (secondary N) is 2. The third-order valence-electron chi connectivity index (χ3n) is 4.82. The molecule has 0 aliphatic heterocycles. The van der Waals surface area contributed by atoms with E-state index >= 15 is 0 Å². The van der Waals surface area contributed by atoms with E-state index in [-0.39, 0.29) is 24.3 Å². The van der Waals surface area contributed by atoms with E-state index in [1.54, 1.807) is 0 Å². The predicted octanol–water partition coefficient (Wildman–Crippen LogP) is 3.65. The molecule has 2 aromatic carbocycles. The number of carbonyl (C=O) groups is 2. The number of carbonyl (C=O) groups excluding carboxylic acids is 2. The largest absolute Gasteiger partial charge is 0.483 e. The Kier molecular flexibility index (Phi) is 5.81. The quantitative estimate of drug-likeness (QED) is 0.745. The molecule has 5 nitrogen and oxygen atoms in total. The summed E-state index contributed by atoms with van der Waals surface area (Å²) in [6.45, 7) is 3.52. The third kappa shape index (κ3) is 5.28. The maximum Gasteiger partial charge on any atom is 0.416 e. The van der Waals surface area contributed by atoms with E-state index in [4.69, 9.17) is 4.74 Å². The Morgan fingerprint density at radius 2 is 1.76 bits per heavy atom. The first-order valence-corrected chi connectivity index (χ1v) is 9.11. The molecule has 2 aromatic rings. The van der Waals surface area contributed by atoms with Gasteiger partial charge in [0.15, 0.2) is 6.61 Å². The Morgan fingerprint density at radius 3 is 2.41 bits per heavy atom. The Hall–Kier alpha value is -3.03. The highest BCUT2D eigenvalue weighted by Crippen LogP contribution is 2.47. The molecule has 2 N–H and O–H groups in total. The number of amides is 2. The summed E-state index contributed by atoms with van der Waals surface area (Å²) < 4.78 is 43.3. The molecule has 0 spiro atoms. The lowest BCUT2D eigenvalue weighted by Crippen LogP contribution is -2.44. The van der Waals surface area contributed by atoms with E-state index < -0.39 is 17.6 Å². The monoisotopic (exact) mass is 406 g/mol. The van der Waals surface area contributed by atoms with Crippen molar-refractivity contribution in [2.75, 3.05) is 6.61 Å². The third-order valence-corrected chi connectivity index (χ3v) is 4.82. The minimum Gasteiger partial charge on any atom is -0.483 e. The van der Waals surface area contributed by atoms with Crippen molar-refractivity contribution in [3.8, 4) is 5.75 Å². The molecule has 0 radical (unpaired) electrons. The van der Waals surface area contributed by atoms with Gasteiger partial charge < -0.3 is 4.74 Å². The van der Waals surface area contributed by atoms with Gasteiger partial charge in [0.25, 0.3) is 5.91 Å². The van der Waals surface area contributed by atoms with Crippen molar-refractivity contribution in [1.29, 1.82) is 0 Å². The number of hydrazine groups is 1. The topological polar surface area (TPSA) is 67.4 Å². The molecule has 1 fully saturated rings. The van der Waals surface area contributed by atoms with Gasteiger partial charge in [-0.15, -0.1) is 0 Å². The fraction of sp³-hybridized carbons (Fsp3) is 0.333. The van der Waals surface area contributed by atoms with Crippen molar-refractivity contribution >= 4 is 11.8 Å². The fourth-order valence-electron chi connectivity index (χ4n) is 3.04. The fourth-order valence-corrected chi connectivity index (χ4v) is 3.04. The van der Waals surface area contributed by atoms with Crippen LogP contribution in [-0.4, -0.2) is 18.4 Å². The van der Waals surface area contributed by atoms with Crippen LogP contribution in [0.5, 0.6) is 5.75 Å². The van der Waals surface area contributed by atoms with Crippen molar-refractivity contribution < 1.29 is 27.5 Å². The highest BCUT2D eigenvalue weighted by molar-refractivity contribution is 5.86. The number of hydrogen-bond acceptors (Lipinski definition) is 3. The zero-order valence-corrected chi connectivity index (χ0v) is 16.0. The summed E-state index contributed by atoms with van der Waals surface area (Å²) in [5.74, 6) is -0.829. The van der Waals surface area contributed by atoms with Crippen LogP contribution in [0.25, 0.3) is 0 Å². The molecule has 3 rings (SSSR count). The first-order valence-electron chi connectivity index (χ1n) is 9.11. The predicted molar refractivity (Wildman–Crippen MR) is 100.0 cm³/mol. The summed E-state index contributed by atoms with van der Waals surface area (Å²) in [5.41, 5.74) is 6.48. The first kappa shape index (κ1) is 20.7. The second kappa shape index (κ2) is 8.14. The normalized spacial score (nSPS) is 18.1. The minimum absolute atomic E-state index is 0.152. The Labute approximate surface area is 166 Å². The van der Waals surface area contributed by atoms with Gasteiger partial charge in [0.2, 0.25) is 5.91 Å². The molecule has 1 aliphatic carbocycles. The molecule has 0 aromatic heterocycles. The van der Waals surface area contributed by atoms with Crippen LogP contribution in [0.2, 0.25) is 0 Å². The molecule has 2 unspecified atom stereocenters. The van der Waals surface area contributed by atoms with Gasteiger partial charge in [0.1, 0.15) is 5.75 Å². The van der Waals surface area contributed by atoms with Crippen LogP contribution in [0.3, 0.4) is 0 Å². The smallest absolute Gasteiger partial charge is 0.416 e. The summed E-state index contributed by atoms with van der Waals surface area (Å²) in [6.07, 6.45) is -3.87. The van der Waals surface area contributed by atoms with E-state index in [0.29, 0.717) is 17.7 Å². The van der Waals surface area contributed by atoms with Crippen LogP contribution >= 0.6 is 0 Å². The summed E-state index contributed by atoms with van der Waals surface area (Å²) >= 11 is 0. The first-order chi connectivity index (χ1) is 13.6. The summed E-state index contributed by atoms with van der Waals surface area (Å²) in [6, 6.07) is 10.4. The molecule has 2 amide bonds. The number of halogens is 3. The number of rotatable bonds is 5. The Bertz CT molecular complexity index is 910. The van der Waals surface area contributed by atoms with Crippen LogP contribution in [0.15, 0.2) is 42.5 Å². The van der Waals surface area contributed by atoms with Crippen LogP contribution in [-0.2, 0) is 15.8 Å². The number of benzene rings is 2. The number of ether oxygens (including phenoxy) is 1. The summed E-state index contributed by atoms with van der Waals surface area (Å²) in [5, 5.41) is 0. The molecule has 0 saturated heterocycles. The number of hydrogen-bond donors (Lipinski definition) is 2. The van der Waals surface area contributed by atoms with Gasteiger partial charge in [-0.25, -0.2) is 0 Å². The van der Waals surface area contributed by atoms with E-state index in [2.05, 4.69) is 10.9 Å². The molecule has 8 heteroatoms. The number of aryl methyl sites for hydroxylation is 2. The Morgan fingerprint density at radius 1 is 1.07 bits per heavy atom. The van der Waals surface area contributed by atoms with E-state index in [1.165, 1.54) is 12.1 Å². The van der Waals surface area contributed by atoms with Gasteiger partial charge in [0.05, 0.1) is 5.56 Å². The van der Waals surface area contributed by atoms with E-state index in [0.717, 1.165) is 23.3 Å². The van der Waals surface area contributed by atoms with E-state index in [1.807, 2.05) is 32.0 Å². The average Bonchev–Trinajstić information content (AvgIpc) is 3.47. The highest BCUT2D eigenvalue weighted by atomic mass is 19.4. The lowest BCUT2D eigenvalue weighted by atomic mass is 10.1. The summed E-state index contributed by atoms with van der Waals surface area (Å²) in [4.78, 5) is 24.0. The van der Waals surface area contributed by atoms with Gasteiger partial charge >= 0.3 is 6.18 Å². The van der Waals surface area contributed by atoms with Crippen molar-refractivity contribution in [2.45, 2.75) is 32.4 Å². The van der Waals surface area contributed by atoms with Gasteiger partial charge in [-0.2, -0.15) is 13.2 Å². The van der Waals surface area contributed by atoms with Crippen LogP contribution in [0, 0.1) is 19.8 Å². The van der Waals surface area contributed by atoms with Crippen molar-refractivity contribution in [2.24, 2.45) is 5.92 Å². The maximum atomic E-state index is 12.6. The zero-order chi connectivity index (χ0) is 21.2. The second-order valence-corrected chi connectivity index (χ2v) is 7.16. The molecule has 1 aliphatic rings. The van der Waals surface area contributed by atoms with Gasteiger partial charge in [-0.1, -0.05) is 24.3 Å². The van der Waals surface area contributed by atoms with E-state index in [9.17, 15) is 22.8 Å². The maximum absolute atomic E-state index is 12.6. The van der Waals surface area contributed by atoms with Crippen molar-refractivity contribution in [3.63, 3.8) is 0 Å². The molecule has 29 heavy (non-hydrogen) atoms. The molecular weight excluding hydrogens is 385 g/mol. The number of alkyl halides is 3. The molecule has 0 heterocycles. The van der Waals surface area contributed by atoms with Crippen LogP contribution < -0.4 is 15.6 Å². The molecule has 1 saturated carbocycles. The molecule has 0 bridgehead atoms. The van der Waals surface area contributed by atoms with Gasteiger partial charge in [-0.3, -0.25) is 20.4 Å². The second-order valence-electron chi connectivity index (χ2n) is 7.16. The molecule has 154 valence electrons.